The Balaban J connectivity index is 0.00000243. The summed E-state index contributed by atoms with van der Waals surface area (Å²) >= 11 is 9.66. The van der Waals surface area contributed by atoms with Gasteiger partial charge < -0.3 is 15.0 Å². The van der Waals surface area contributed by atoms with Crippen molar-refractivity contribution in [2.75, 3.05) is 25.5 Å². The molecule has 140 valence electrons. The highest BCUT2D eigenvalue weighted by Crippen LogP contribution is 2.30. The Morgan fingerprint density at radius 3 is 2.62 bits per heavy atom. The molecule has 0 spiro atoms. The molecule has 2 aromatic rings. The number of likely N-dealkylation sites (tertiary alicyclic amines) is 1. The van der Waals surface area contributed by atoms with Crippen molar-refractivity contribution in [2.45, 2.75) is 18.9 Å². The molecule has 1 aliphatic heterocycles. The minimum Gasteiger partial charge on any atom is -0.489 e. The predicted octanol–water partition coefficient (Wildman–Crippen LogP) is 5.25. The van der Waals surface area contributed by atoms with Crippen molar-refractivity contribution in [3.8, 4) is 5.75 Å². The van der Waals surface area contributed by atoms with Crippen LogP contribution in [0.4, 0.5) is 5.69 Å². The molecule has 0 unspecified atom stereocenters. The first-order chi connectivity index (χ1) is 12.0. The van der Waals surface area contributed by atoms with E-state index in [2.05, 4.69) is 33.2 Å². The summed E-state index contributed by atoms with van der Waals surface area (Å²) in [5, 5.41) is 3.45. The number of ether oxygens (including phenoxy) is 1. The normalized spacial score (nSPS) is 15.2. The number of benzene rings is 2. The van der Waals surface area contributed by atoms with Crippen molar-refractivity contribution in [3.05, 3.63) is 57.5 Å². The summed E-state index contributed by atoms with van der Waals surface area (Å²) in [6.07, 6.45) is 2.10. The standard InChI is InChI=1S/C19H20BrClN2O2.ClH/c1-23-10-8-14(9-11-23)25-18-12-13(6-7-17(18)21)22-19(24)15-4-2-3-5-16(15)20;/h2-7,12,14H,8-11H2,1H3,(H,22,24);1H. The largest absolute Gasteiger partial charge is 0.489 e. The third-order valence-corrected chi connectivity index (χ3v) is 5.27. The number of rotatable bonds is 4. The molecule has 0 atom stereocenters. The molecule has 0 bridgehead atoms. The van der Waals surface area contributed by atoms with Crippen molar-refractivity contribution in [2.24, 2.45) is 0 Å². The fraction of sp³-hybridized carbons (Fsp3) is 0.316. The molecule has 4 nitrogen and oxygen atoms in total. The molecular weight excluding hydrogens is 439 g/mol. The first-order valence-electron chi connectivity index (χ1n) is 8.23. The maximum Gasteiger partial charge on any atom is 0.256 e. The van der Waals surface area contributed by atoms with Crippen LogP contribution in [0.3, 0.4) is 0 Å². The average molecular weight is 460 g/mol. The van der Waals surface area contributed by atoms with Crippen molar-refractivity contribution in [1.29, 1.82) is 0 Å². The van der Waals surface area contributed by atoms with Gasteiger partial charge in [-0.05, 0) is 60.1 Å². The van der Waals surface area contributed by atoms with Crippen LogP contribution in [-0.2, 0) is 0 Å². The van der Waals surface area contributed by atoms with E-state index >= 15 is 0 Å². The van der Waals surface area contributed by atoms with Gasteiger partial charge in [-0.25, -0.2) is 0 Å². The second-order valence-corrected chi connectivity index (χ2v) is 7.46. The zero-order chi connectivity index (χ0) is 17.8. The molecule has 1 heterocycles. The van der Waals surface area contributed by atoms with Crippen LogP contribution in [0, 0.1) is 0 Å². The van der Waals surface area contributed by atoms with Crippen LogP contribution < -0.4 is 10.1 Å². The molecule has 7 heteroatoms. The monoisotopic (exact) mass is 458 g/mol. The number of anilines is 1. The molecule has 1 N–H and O–H groups in total. The minimum absolute atomic E-state index is 0. The van der Waals surface area contributed by atoms with Gasteiger partial charge in [0.2, 0.25) is 0 Å². The Morgan fingerprint density at radius 1 is 1.23 bits per heavy atom. The molecule has 2 aromatic carbocycles. The Bertz CT molecular complexity index is 765. The highest BCUT2D eigenvalue weighted by molar-refractivity contribution is 9.10. The van der Waals surface area contributed by atoms with Gasteiger partial charge in [0.25, 0.3) is 5.91 Å². The van der Waals surface area contributed by atoms with Crippen molar-refractivity contribution in [1.82, 2.24) is 4.90 Å². The maximum atomic E-state index is 12.4. The zero-order valence-electron chi connectivity index (χ0n) is 14.4. The van der Waals surface area contributed by atoms with Crippen LogP contribution in [-0.4, -0.2) is 37.0 Å². The van der Waals surface area contributed by atoms with E-state index in [1.807, 2.05) is 18.2 Å². The van der Waals surface area contributed by atoms with Crippen LogP contribution in [0.15, 0.2) is 46.9 Å². The van der Waals surface area contributed by atoms with Crippen LogP contribution in [0.2, 0.25) is 5.02 Å². The number of carbonyl (C=O) groups is 1. The molecule has 0 aliphatic carbocycles. The lowest BCUT2D eigenvalue weighted by Gasteiger charge is -2.29. The SMILES string of the molecule is CN1CCC(Oc2cc(NC(=O)c3ccccc3Br)ccc2Cl)CC1.Cl. The second-order valence-electron chi connectivity index (χ2n) is 6.20. The van der Waals surface area contributed by atoms with Gasteiger partial charge in [0, 0.05) is 29.3 Å². The highest BCUT2D eigenvalue weighted by Gasteiger charge is 2.19. The summed E-state index contributed by atoms with van der Waals surface area (Å²) < 4.78 is 6.82. The van der Waals surface area contributed by atoms with Gasteiger partial charge in [0.05, 0.1) is 10.6 Å². The summed E-state index contributed by atoms with van der Waals surface area (Å²) in [6.45, 7) is 2.03. The summed E-state index contributed by atoms with van der Waals surface area (Å²) in [4.78, 5) is 14.7. The van der Waals surface area contributed by atoms with Crippen molar-refractivity contribution in [3.63, 3.8) is 0 Å². The van der Waals surface area contributed by atoms with Gasteiger partial charge in [-0.3, -0.25) is 4.79 Å². The number of carbonyl (C=O) groups excluding carboxylic acids is 1. The molecule has 1 amide bonds. The first kappa shape index (κ1) is 21.0. The summed E-state index contributed by atoms with van der Waals surface area (Å²) in [7, 11) is 2.11. The van der Waals surface area contributed by atoms with Gasteiger partial charge in [0.1, 0.15) is 11.9 Å². The van der Waals surface area contributed by atoms with E-state index in [0.717, 1.165) is 30.4 Å². The number of hydrogen-bond acceptors (Lipinski definition) is 3. The average Bonchev–Trinajstić information content (AvgIpc) is 2.60. The summed E-state index contributed by atoms with van der Waals surface area (Å²) in [6, 6.07) is 12.6. The quantitative estimate of drug-likeness (QED) is 0.678. The van der Waals surface area contributed by atoms with Gasteiger partial charge >= 0.3 is 0 Å². The number of nitrogens with one attached hydrogen (secondary N) is 1. The van der Waals surface area contributed by atoms with Crippen molar-refractivity contribution >= 4 is 51.5 Å². The fourth-order valence-corrected chi connectivity index (χ4v) is 3.42. The van der Waals surface area contributed by atoms with E-state index in [4.69, 9.17) is 16.3 Å². The minimum atomic E-state index is -0.181. The van der Waals surface area contributed by atoms with E-state index in [1.165, 1.54) is 0 Å². The smallest absolute Gasteiger partial charge is 0.256 e. The van der Waals surface area contributed by atoms with Gasteiger partial charge in [0.15, 0.2) is 0 Å². The number of halogens is 3. The molecule has 0 saturated carbocycles. The number of piperidine rings is 1. The fourth-order valence-electron chi connectivity index (χ4n) is 2.80. The Kier molecular flexibility index (Phi) is 7.77. The molecule has 1 fully saturated rings. The van der Waals surface area contributed by atoms with E-state index in [1.54, 1.807) is 24.3 Å². The van der Waals surface area contributed by atoms with Crippen LogP contribution >= 0.6 is 39.9 Å². The topological polar surface area (TPSA) is 41.6 Å². The van der Waals surface area contributed by atoms with Crippen LogP contribution in [0.5, 0.6) is 5.75 Å². The second kappa shape index (κ2) is 9.60. The Hall–Kier alpha value is -1.27. The molecule has 0 aromatic heterocycles. The molecule has 26 heavy (non-hydrogen) atoms. The number of amides is 1. The van der Waals surface area contributed by atoms with Crippen LogP contribution in [0.1, 0.15) is 23.2 Å². The third-order valence-electron chi connectivity index (χ3n) is 4.27. The third kappa shape index (κ3) is 5.36. The van der Waals surface area contributed by atoms with Crippen molar-refractivity contribution < 1.29 is 9.53 Å². The number of hydrogen-bond donors (Lipinski definition) is 1. The highest BCUT2D eigenvalue weighted by atomic mass is 79.9. The van der Waals surface area contributed by atoms with Gasteiger partial charge in [-0.1, -0.05) is 23.7 Å². The van der Waals surface area contributed by atoms with E-state index in [0.29, 0.717) is 22.0 Å². The molecule has 3 rings (SSSR count). The molecular formula is C19H21BrCl2N2O2. The lowest BCUT2D eigenvalue weighted by atomic mass is 10.1. The molecule has 1 saturated heterocycles. The Labute approximate surface area is 173 Å². The lowest BCUT2D eigenvalue weighted by Crippen LogP contribution is -2.35. The van der Waals surface area contributed by atoms with Gasteiger partial charge in [-0.2, -0.15) is 0 Å². The maximum absolute atomic E-state index is 12.4. The first-order valence-corrected chi connectivity index (χ1v) is 9.40. The zero-order valence-corrected chi connectivity index (χ0v) is 17.5. The molecule has 0 radical (unpaired) electrons. The Morgan fingerprint density at radius 2 is 1.92 bits per heavy atom. The lowest BCUT2D eigenvalue weighted by molar-refractivity contribution is 0.102. The van der Waals surface area contributed by atoms with E-state index < -0.39 is 0 Å². The molecule has 1 aliphatic rings. The summed E-state index contributed by atoms with van der Waals surface area (Å²) in [5.74, 6) is 0.432. The summed E-state index contributed by atoms with van der Waals surface area (Å²) in [5.41, 5.74) is 1.24. The van der Waals surface area contributed by atoms with Gasteiger partial charge in [-0.15, -0.1) is 12.4 Å². The van der Waals surface area contributed by atoms with Crippen LogP contribution in [0.25, 0.3) is 0 Å². The number of nitrogens with zero attached hydrogens (tertiary/aromatic N) is 1. The van der Waals surface area contributed by atoms with E-state index in [9.17, 15) is 4.79 Å². The van der Waals surface area contributed by atoms with E-state index in [-0.39, 0.29) is 24.4 Å². The predicted molar refractivity (Wildman–Crippen MR) is 112 cm³/mol.